The van der Waals surface area contributed by atoms with E-state index in [0.29, 0.717) is 24.5 Å². The van der Waals surface area contributed by atoms with Crippen LogP contribution in [0, 0.1) is 40.4 Å². The molecule has 1 saturated heterocycles. The van der Waals surface area contributed by atoms with Crippen molar-refractivity contribution in [3.8, 4) is 0 Å². The first-order valence-corrected chi connectivity index (χ1v) is 12.4. The van der Waals surface area contributed by atoms with Gasteiger partial charge in [-0.05, 0) is 68.2 Å². The molecule has 5 nitrogen and oxygen atoms in total. The van der Waals surface area contributed by atoms with Crippen LogP contribution in [-0.2, 0) is 14.4 Å². The molecule has 1 aliphatic heterocycles. The number of Topliss-reactive ketones (excluding diaryl/α,β-unsaturated/α-hetero) is 2. The second-order valence-electron chi connectivity index (χ2n) is 11.4. The van der Waals surface area contributed by atoms with Crippen LogP contribution in [0.2, 0.25) is 0 Å². The van der Waals surface area contributed by atoms with Crippen LogP contribution < -0.4 is 5.32 Å². The molecule has 0 spiro atoms. The summed E-state index contributed by atoms with van der Waals surface area (Å²) >= 11 is 0. The smallest absolute Gasteiger partial charge is 0.173 e. The van der Waals surface area contributed by atoms with Crippen molar-refractivity contribution >= 4 is 17.3 Å². The molecular formula is C25H37FN2O3. The van der Waals surface area contributed by atoms with Gasteiger partial charge in [-0.1, -0.05) is 25.9 Å². The number of halogens is 1. The number of ketones is 2. The van der Waals surface area contributed by atoms with Gasteiger partial charge in [0.25, 0.3) is 0 Å². The van der Waals surface area contributed by atoms with Gasteiger partial charge in [0.2, 0.25) is 0 Å². The van der Waals surface area contributed by atoms with E-state index in [0.717, 1.165) is 57.3 Å². The fraction of sp³-hybridized carbons (Fsp3) is 0.880. The number of hydrogen-bond acceptors (Lipinski definition) is 5. The molecular weight excluding hydrogens is 395 g/mol. The van der Waals surface area contributed by atoms with Gasteiger partial charge in [0.05, 0.1) is 5.71 Å². The van der Waals surface area contributed by atoms with E-state index >= 15 is 0 Å². The zero-order valence-corrected chi connectivity index (χ0v) is 19.2. The number of nitrogens with zero attached hydrogens (tertiary/aromatic N) is 1. The lowest BCUT2D eigenvalue weighted by molar-refractivity contribution is -0.156. The minimum Gasteiger partial charge on any atom is -0.391 e. The lowest BCUT2D eigenvalue weighted by atomic mass is 9.43. The third kappa shape index (κ3) is 3.14. The van der Waals surface area contributed by atoms with Gasteiger partial charge >= 0.3 is 0 Å². The van der Waals surface area contributed by atoms with Crippen molar-refractivity contribution in [2.45, 2.75) is 84.4 Å². The van der Waals surface area contributed by atoms with E-state index in [-0.39, 0.29) is 41.0 Å². The highest BCUT2D eigenvalue weighted by atomic mass is 19.1. The Kier molecular flexibility index (Phi) is 5.31. The molecule has 0 aromatic rings. The van der Waals surface area contributed by atoms with Crippen LogP contribution in [0.1, 0.15) is 72.1 Å². The second kappa shape index (κ2) is 7.64. The summed E-state index contributed by atoms with van der Waals surface area (Å²) in [6.45, 7) is 8.23. The summed E-state index contributed by atoms with van der Waals surface area (Å²) in [7, 11) is 0. The largest absolute Gasteiger partial charge is 0.391 e. The summed E-state index contributed by atoms with van der Waals surface area (Å²) in [4.78, 5) is 32.1. The molecule has 5 aliphatic rings. The van der Waals surface area contributed by atoms with Crippen LogP contribution in [0.3, 0.4) is 0 Å². The summed E-state index contributed by atoms with van der Waals surface area (Å²) in [6.07, 6.45) is 4.98. The Labute approximate surface area is 184 Å². The topological polar surface area (TPSA) is 67.8 Å². The van der Waals surface area contributed by atoms with Gasteiger partial charge in [-0.2, -0.15) is 0 Å². The third-order valence-corrected chi connectivity index (χ3v) is 10.0. The molecule has 31 heavy (non-hydrogen) atoms. The number of carbonyl (C=O) groups is 2. The molecule has 5 fully saturated rings. The van der Waals surface area contributed by atoms with Crippen LogP contribution in [0.4, 0.5) is 4.39 Å². The molecule has 5 rings (SSSR count). The predicted octanol–water partition coefficient (Wildman–Crippen LogP) is 4.10. The Hall–Kier alpha value is -1.30. The van der Waals surface area contributed by atoms with Gasteiger partial charge in [0.15, 0.2) is 12.0 Å². The van der Waals surface area contributed by atoms with Crippen molar-refractivity contribution in [3.05, 3.63) is 0 Å². The lowest BCUT2D eigenvalue weighted by Gasteiger charge is -2.60. The first-order valence-electron chi connectivity index (χ1n) is 12.4. The maximum absolute atomic E-state index is 14.5. The molecule has 0 aromatic heterocycles. The molecule has 0 aromatic carbocycles. The summed E-state index contributed by atoms with van der Waals surface area (Å²) < 4.78 is 14.5. The fourth-order valence-corrected chi connectivity index (χ4v) is 8.34. The summed E-state index contributed by atoms with van der Waals surface area (Å²) in [5, 5.41) is 7.90. The molecule has 1 heterocycles. The first-order chi connectivity index (χ1) is 14.8. The normalized spacial score (nSPS) is 50.8. The average Bonchev–Trinajstić information content (AvgIpc) is 3.34. The van der Waals surface area contributed by atoms with E-state index in [1.807, 2.05) is 6.92 Å². The van der Waals surface area contributed by atoms with Crippen LogP contribution in [0.5, 0.6) is 0 Å². The molecule has 0 amide bonds. The fourth-order valence-electron chi connectivity index (χ4n) is 8.34. The average molecular weight is 433 g/mol. The Bertz CT molecular complexity index is 794. The SMILES string of the molecule is CCC1/C(=N/OC2CCNC2)CCC2(C)C3CCC4(C)C(=O)C(F)CC4C3CC(=O)C12. The van der Waals surface area contributed by atoms with Crippen LogP contribution in [-0.4, -0.2) is 42.6 Å². The molecule has 4 aliphatic carbocycles. The predicted molar refractivity (Wildman–Crippen MR) is 116 cm³/mol. The molecule has 6 heteroatoms. The standard InChI is InChI=1S/C25H37FN2O3/c1-4-15-20(28-31-14-7-10-27-13-14)6-9-24(2)17-5-8-25(3)18(12-19(26)23(25)30)16(17)11-21(29)22(15)24/h14-19,22,27H,4-13H2,1-3H3/b28-20+. The van der Waals surface area contributed by atoms with E-state index in [9.17, 15) is 14.0 Å². The Morgan fingerprint density at radius 2 is 2.00 bits per heavy atom. The summed E-state index contributed by atoms with van der Waals surface area (Å²) in [6, 6.07) is 0. The zero-order valence-electron chi connectivity index (χ0n) is 19.2. The van der Waals surface area contributed by atoms with Crippen molar-refractivity contribution < 1.29 is 18.8 Å². The maximum atomic E-state index is 14.5. The van der Waals surface area contributed by atoms with Crippen molar-refractivity contribution in [1.82, 2.24) is 5.32 Å². The summed E-state index contributed by atoms with van der Waals surface area (Å²) in [5.41, 5.74) is 0.399. The van der Waals surface area contributed by atoms with Gasteiger partial charge < -0.3 is 10.2 Å². The quantitative estimate of drug-likeness (QED) is 0.682. The highest BCUT2D eigenvalue weighted by Crippen LogP contribution is 2.65. The first kappa shape index (κ1) is 21.5. The minimum absolute atomic E-state index is 0.0174. The highest BCUT2D eigenvalue weighted by molar-refractivity contribution is 5.95. The van der Waals surface area contributed by atoms with E-state index in [1.165, 1.54) is 0 Å². The van der Waals surface area contributed by atoms with Gasteiger partial charge in [-0.3, -0.25) is 9.59 Å². The summed E-state index contributed by atoms with van der Waals surface area (Å²) in [5.74, 6) is 0.760. The number of carbonyl (C=O) groups excluding carboxylic acids is 2. The minimum atomic E-state index is -1.34. The van der Waals surface area contributed by atoms with Gasteiger partial charge in [-0.15, -0.1) is 0 Å². The number of nitrogens with one attached hydrogen (secondary N) is 1. The Morgan fingerprint density at radius 3 is 2.71 bits per heavy atom. The van der Waals surface area contributed by atoms with Crippen LogP contribution >= 0.6 is 0 Å². The second-order valence-corrected chi connectivity index (χ2v) is 11.4. The van der Waals surface area contributed by atoms with Crippen molar-refractivity contribution in [2.75, 3.05) is 13.1 Å². The number of oxime groups is 1. The van der Waals surface area contributed by atoms with Gasteiger partial charge in [0.1, 0.15) is 11.9 Å². The molecule has 172 valence electrons. The monoisotopic (exact) mass is 432 g/mol. The number of fused-ring (bicyclic) bond motifs is 5. The number of hydrogen-bond donors (Lipinski definition) is 1. The van der Waals surface area contributed by atoms with E-state index in [2.05, 4.69) is 24.3 Å². The molecule has 0 bridgehead atoms. The van der Waals surface area contributed by atoms with Gasteiger partial charge in [0, 0.05) is 36.6 Å². The van der Waals surface area contributed by atoms with E-state index < -0.39 is 11.6 Å². The Morgan fingerprint density at radius 1 is 1.19 bits per heavy atom. The van der Waals surface area contributed by atoms with Gasteiger partial charge in [-0.25, -0.2) is 4.39 Å². The zero-order chi connectivity index (χ0) is 22.0. The molecule has 1 N–H and O–H groups in total. The van der Waals surface area contributed by atoms with E-state index in [4.69, 9.17) is 4.84 Å². The molecule has 0 radical (unpaired) electrons. The molecule has 9 unspecified atom stereocenters. The van der Waals surface area contributed by atoms with Crippen LogP contribution in [0.15, 0.2) is 5.16 Å². The van der Waals surface area contributed by atoms with Crippen LogP contribution in [0.25, 0.3) is 0 Å². The van der Waals surface area contributed by atoms with E-state index in [1.54, 1.807) is 0 Å². The van der Waals surface area contributed by atoms with Crippen molar-refractivity contribution in [3.63, 3.8) is 0 Å². The highest BCUT2D eigenvalue weighted by Gasteiger charge is 2.65. The number of rotatable bonds is 3. The maximum Gasteiger partial charge on any atom is 0.173 e. The Balaban J connectivity index is 1.42. The molecule has 9 atom stereocenters. The lowest BCUT2D eigenvalue weighted by Crippen LogP contribution is -2.59. The van der Waals surface area contributed by atoms with Crippen molar-refractivity contribution in [2.24, 2.45) is 45.6 Å². The van der Waals surface area contributed by atoms with Crippen molar-refractivity contribution in [1.29, 1.82) is 0 Å². The molecule has 4 saturated carbocycles. The third-order valence-electron chi connectivity index (χ3n) is 10.0. The number of alkyl halides is 1.